The van der Waals surface area contributed by atoms with Gasteiger partial charge in [-0.25, -0.2) is 9.78 Å². The summed E-state index contributed by atoms with van der Waals surface area (Å²) in [5.41, 5.74) is 4.57. The van der Waals surface area contributed by atoms with Gasteiger partial charge in [0.1, 0.15) is 5.69 Å². The molecule has 0 radical (unpaired) electrons. The van der Waals surface area contributed by atoms with E-state index in [0.29, 0.717) is 36.4 Å². The summed E-state index contributed by atoms with van der Waals surface area (Å²) in [5, 5.41) is 4.72. The number of hydrogen-bond acceptors (Lipinski definition) is 5. The summed E-state index contributed by atoms with van der Waals surface area (Å²) in [7, 11) is 1.96. The predicted molar refractivity (Wildman–Crippen MR) is 145 cm³/mol. The molecule has 2 aromatic heterocycles. The minimum Gasteiger partial charge on any atom is -0.408 e. The second kappa shape index (κ2) is 9.03. The standard InChI is InChI=1S/C29H30N4O3S/c1-16-8-7-9-19(12-16)27-25(31-18(3)37-27)28(34)33-15-20-13-22(20)24(33)14-30-29(35)36-26-17(2)32(4)23-11-6-5-10-21(23)26/h5-12,20,22,24H,13-15H2,1-4H3,(H,30,35)/t20-,22-,24+/m0/s1. The molecule has 37 heavy (non-hydrogen) atoms. The summed E-state index contributed by atoms with van der Waals surface area (Å²) < 4.78 is 7.79. The predicted octanol–water partition coefficient (Wildman–Crippen LogP) is 5.48. The lowest BCUT2D eigenvalue weighted by Gasteiger charge is -2.27. The molecule has 2 aliphatic rings. The number of aryl methyl sites for hydroxylation is 3. The first-order valence-electron chi connectivity index (χ1n) is 12.7. The van der Waals surface area contributed by atoms with Crippen LogP contribution in [-0.2, 0) is 7.05 Å². The molecule has 7 nitrogen and oxygen atoms in total. The summed E-state index contributed by atoms with van der Waals surface area (Å²) in [6, 6.07) is 16.0. The summed E-state index contributed by atoms with van der Waals surface area (Å²) in [4.78, 5) is 34.1. The minimum atomic E-state index is -0.499. The second-order valence-corrected chi connectivity index (χ2v) is 11.4. The van der Waals surface area contributed by atoms with E-state index in [2.05, 4.69) is 16.4 Å². The maximum absolute atomic E-state index is 13.8. The maximum Gasteiger partial charge on any atom is 0.412 e. The van der Waals surface area contributed by atoms with Gasteiger partial charge >= 0.3 is 6.09 Å². The molecule has 1 saturated carbocycles. The SMILES string of the molecule is Cc1cccc(-c2sc(C)nc2C(=O)N2C[C@@H]3C[C@@H]3[C@H]2CNC(=O)Oc2c(C)n(C)c3ccccc23)c1. The first kappa shape index (κ1) is 23.7. The van der Waals surface area contributed by atoms with Crippen molar-refractivity contribution in [3.63, 3.8) is 0 Å². The number of carbonyl (C=O) groups excluding carboxylic acids is 2. The zero-order valence-corrected chi connectivity index (χ0v) is 22.3. The number of para-hydroxylation sites is 1. The van der Waals surface area contributed by atoms with Crippen molar-refractivity contribution >= 4 is 34.2 Å². The normalized spacial score (nSPS) is 20.2. The van der Waals surface area contributed by atoms with Gasteiger partial charge in [-0.2, -0.15) is 0 Å². The Labute approximate surface area is 220 Å². The van der Waals surface area contributed by atoms with E-state index < -0.39 is 6.09 Å². The first-order valence-corrected chi connectivity index (χ1v) is 13.5. The van der Waals surface area contributed by atoms with Crippen LogP contribution in [0.1, 0.15) is 33.2 Å². The average Bonchev–Trinajstić information content (AvgIpc) is 3.30. The summed E-state index contributed by atoms with van der Waals surface area (Å²) in [6.45, 7) is 6.99. The highest BCUT2D eigenvalue weighted by atomic mass is 32.1. The number of nitrogens with zero attached hydrogens (tertiary/aromatic N) is 3. The van der Waals surface area contributed by atoms with Crippen molar-refractivity contribution < 1.29 is 14.3 Å². The summed E-state index contributed by atoms with van der Waals surface area (Å²) in [6.07, 6.45) is 0.593. The number of rotatable bonds is 5. The van der Waals surface area contributed by atoms with Crippen molar-refractivity contribution in [3.8, 4) is 16.2 Å². The van der Waals surface area contributed by atoms with E-state index in [0.717, 1.165) is 44.0 Å². The van der Waals surface area contributed by atoms with E-state index >= 15 is 0 Å². The number of benzene rings is 2. The van der Waals surface area contributed by atoms with Gasteiger partial charge in [0, 0.05) is 25.5 Å². The average molecular weight is 515 g/mol. The molecular weight excluding hydrogens is 484 g/mol. The van der Waals surface area contributed by atoms with Crippen LogP contribution in [0.5, 0.6) is 5.75 Å². The van der Waals surface area contributed by atoms with Crippen molar-refractivity contribution in [1.29, 1.82) is 0 Å². The Morgan fingerprint density at radius 1 is 1.14 bits per heavy atom. The zero-order valence-electron chi connectivity index (χ0n) is 21.4. The van der Waals surface area contributed by atoms with Gasteiger partial charge in [0.25, 0.3) is 5.91 Å². The van der Waals surface area contributed by atoms with Gasteiger partial charge in [0.15, 0.2) is 5.75 Å². The molecule has 1 N–H and O–H groups in total. The van der Waals surface area contributed by atoms with Gasteiger partial charge in [-0.3, -0.25) is 4.79 Å². The van der Waals surface area contributed by atoms with Crippen LogP contribution in [0, 0.1) is 32.6 Å². The number of fused-ring (bicyclic) bond motifs is 2. The number of hydrogen-bond donors (Lipinski definition) is 1. The number of carbonyl (C=O) groups is 2. The molecule has 2 aromatic carbocycles. The third kappa shape index (κ3) is 4.19. The second-order valence-electron chi connectivity index (χ2n) is 10.2. The third-order valence-corrected chi connectivity index (χ3v) is 8.79. The molecule has 1 aliphatic heterocycles. The number of ether oxygens (including phenoxy) is 1. The van der Waals surface area contributed by atoms with Crippen molar-refractivity contribution in [2.75, 3.05) is 13.1 Å². The Morgan fingerprint density at radius 2 is 1.95 bits per heavy atom. The van der Waals surface area contributed by atoms with Crippen molar-refractivity contribution in [3.05, 3.63) is 70.5 Å². The molecule has 8 heteroatoms. The Hall–Kier alpha value is -3.65. The Balaban J connectivity index is 1.19. The lowest BCUT2D eigenvalue weighted by molar-refractivity contribution is 0.0700. The summed E-state index contributed by atoms with van der Waals surface area (Å²) >= 11 is 1.55. The van der Waals surface area contributed by atoms with Crippen LogP contribution in [0.2, 0.25) is 0 Å². The molecule has 3 atom stereocenters. The number of thiazole rings is 1. The largest absolute Gasteiger partial charge is 0.412 e. The molecule has 1 aliphatic carbocycles. The lowest BCUT2D eigenvalue weighted by Crippen LogP contribution is -2.46. The highest BCUT2D eigenvalue weighted by molar-refractivity contribution is 7.15. The van der Waals surface area contributed by atoms with E-state index in [1.165, 1.54) is 0 Å². The molecule has 3 heterocycles. The zero-order chi connectivity index (χ0) is 25.8. The molecule has 2 fully saturated rings. The number of aromatic nitrogens is 2. The topological polar surface area (TPSA) is 76.5 Å². The molecule has 0 bridgehead atoms. The van der Waals surface area contributed by atoms with Crippen molar-refractivity contribution in [2.45, 2.75) is 33.2 Å². The maximum atomic E-state index is 13.8. The molecule has 2 amide bonds. The van der Waals surface area contributed by atoms with Crippen LogP contribution in [0.25, 0.3) is 21.3 Å². The fourth-order valence-electron chi connectivity index (χ4n) is 5.69. The lowest BCUT2D eigenvalue weighted by atomic mass is 10.1. The minimum absolute atomic E-state index is 0.0573. The van der Waals surface area contributed by atoms with Gasteiger partial charge in [-0.15, -0.1) is 11.3 Å². The van der Waals surface area contributed by atoms with Crippen LogP contribution in [0.4, 0.5) is 4.79 Å². The van der Waals surface area contributed by atoms with Crippen molar-refractivity contribution in [1.82, 2.24) is 19.8 Å². The van der Waals surface area contributed by atoms with Gasteiger partial charge in [0.05, 0.1) is 27.1 Å². The van der Waals surface area contributed by atoms with E-state index in [1.807, 2.05) is 79.8 Å². The van der Waals surface area contributed by atoms with Crippen LogP contribution in [0.15, 0.2) is 48.5 Å². The highest BCUT2D eigenvalue weighted by Gasteiger charge is 2.54. The number of likely N-dealkylation sites (tertiary alicyclic amines) is 1. The molecule has 1 saturated heterocycles. The molecule has 0 unspecified atom stereocenters. The number of amides is 2. The molecule has 6 rings (SSSR count). The van der Waals surface area contributed by atoms with Gasteiger partial charge < -0.3 is 19.5 Å². The summed E-state index contributed by atoms with van der Waals surface area (Å²) in [5.74, 6) is 1.41. The first-order chi connectivity index (χ1) is 17.8. The van der Waals surface area contributed by atoms with Gasteiger partial charge in [-0.05, 0) is 56.7 Å². The fraction of sp³-hybridized carbons (Fsp3) is 0.345. The highest BCUT2D eigenvalue weighted by Crippen LogP contribution is 2.50. The van der Waals surface area contributed by atoms with E-state index in [1.54, 1.807) is 11.3 Å². The number of piperidine rings is 1. The molecular formula is C29H30N4O3S. The number of nitrogens with one attached hydrogen (secondary N) is 1. The molecule has 0 spiro atoms. The van der Waals surface area contributed by atoms with Crippen molar-refractivity contribution in [2.24, 2.45) is 18.9 Å². The smallest absolute Gasteiger partial charge is 0.408 e. The monoisotopic (exact) mass is 514 g/mol. The Morgan fingerprint density at radius 3 is 2.76 bits per heavy atom. The van der Waals surface area contributed by atoms with Crippen LogP contribution >= 0.6 is 11.3 Å². The van der Waals surface area contributed by atoms with Crippen LogP contribution < -0.4 is 10.1 Å². The fourth-order valence-corrected chi connectivity index (χ4v) is 6.59. The molecule has 4 aromatic rings. The molecule has 190 valence electrons. The van der Waals surface area contributed by atoms with E-state index in [9.17, 15) is 9.59 Å². The van der Waals surface area contributed by atoms with E-state index in [-0.39, 0.29) is 11.9 Å². The van der Waals surface area contributed by atoms with Crippen LogP contribution in [0.3, 0.4) is 0 Å². The van der Waals surface area contributed by atoms with E-state index in [4.69, 9.17) is 4.74 Å². The Kier molecular flexibility index (Phi) is 5.79. The third-order valence-electron chi connectivity index (χ3n) is 7.77. The Bertz CT molecular complexity index is 1540. The van der Waals surface area contributed by atoms with Gasteiger partial charge in [-0.1, -0.05) is 42.0 Å². The van der Waals surface area contributed by atoms with Gasteiger partial charge in [0.2, 0.25) is 0 Å². The quantitative estimate of drug-likeness (QED) is 0.383. The van der Waals surface area contributed by atoms with Crippen LogP contribution in [-0.4, -0.2) is 45.6 Å².